The van der Waals surface area contributed by atoms with Crippen LogP contribution in [0.3, 0.4) is 0 Å². The summed E-state index contributed by atoms with van der Waals surface area (Å²) in [6, 6.07) is 27.7. The summed E-state index contributed by atoms with van der Waals surface area (Å²) < 4.78 is 5.17. The number of benzene rings is 4. The Morgan fingerprint density at radius 3 is 2.28 bits per heavy atom. The van der Waals surface area contributed by atoms with Gasteiger partial charge in [-0.15, -0.1) is 11.8 Å². The van der Waals surface area contributed by atoms with Crippen molar-refractivity contribution in [3.63, 3.8) is 0 Å². The summed E-state index contributed by atoms with van der Waals surface area (Å²) in [5.41, 5.74) is 2.04. The first-order valence-corrected chi connectivity index (χ1v) is 15.0. The first kappa shape index (κ1) is 31.7. The van der Waals surface area contributed by atoms with Gasteiger partial charge in [0.2, 0.25) is 5.91 Å². The molecule has 3 amide bonds. The number of nitrogens with one attached hydrogen (secondary N) is 3. The number of amides is 3. The number of anilines is 2. The fraction of sp³-hybridized carbons (Fsp3) is 0.121. The van der Waals surface area contributed by atoms with E-state index in [1.165, 1.54) is 17.8 Å². The van der Waals surface area contributed by atoms with E-state index in [1.807, 2.05) is 13.0 Å². The smallest absolute Gasteiger partial charge is 0.272 e. The van der Waals surface area contributed by atoms with E-state index in [4.69, 9.17) is 27.9 Å². The number of carbonyl (C=O) groups is 3. The summed E-state index contributed by atoms with van der Waals surface area (Å²) in [7, 11) is 1.58. The fourth-order valence-electron chi connectivity index (χ4n) is 3.95. The second-order valence-corrected chi connectivity index (χ2v) is 11.4. The molecule has 0 aliphatic heterocycles. The Morgan fingerprint density at radius 2 is 1.60 bits per heavy atom. The van der Waals surface area contributed by atoms with E-state index in [1.54, 1.807) is 98.1 Å². The molecule has 220 valence electrons. The highest BCUT2D eigenvalue weighted by atomic mass is 35.5. The third-order valence-electron chi connectivity index (χ3n) is 6.18. The third kappa shape index (κ3) is 9.12. The standard InChI is InChI=1S/C33H29Cl2N3O4S/c1-3-30(33(41)36-24-14-16-26(42-2)17-15-24)43-27-11-7-10-25(20-27)37-32(40)29(18-22-12-13-23(34)19-28(22)35)38-31(39)21-8-5-4-6-9-21/h4-20,30H,3H2,1-2H3,(H,36,41)(H,37,40)(H,38,39)/b29-18+. The Morgan fingerprint density at radius 1 is 0.860 bits per heavy atom. The average molecular weight is 635 g/mol. The van der Waals surface area contributed by atoms with Gasteiger partial charge < -0.3 is 20.7 Å². The molecule has 43 heavy (non-hydrogen) atoms. The van der Waals surface area contributed by atoms with Gasteiger partial charge in [-0.3, -0.25) is 14.4 Å². The van der Waals surface area contributed by atoms with Gasteiger partial charge in [0.1, 0.15) is 11.4 Å². The van der Waals surface area contributed by atoms with Crippen molar-refractivity contribution in [2.45, 2.75) is 23.5 Å². The second-order valence-electron chi connectivity index (χ2n) is 9.26. The van der Waals surface area contributed by atoms with E-state index < -0.39 is 11.8 Å². The number of carbonyl (C=O) groups excluding carboxylic acids is 3. The van der Waals surface area contributed by atoms with Gasteiger partial charge in [-0.1, -0.05) is 60.5 Å². The molecule has 0 bridgehead atoms. The van der Waals surface area contributed by atoms with E-state index in [0.29, 0.717) is 44.7 Å². The molecule has 1 unspecified atom stereocenters. The maximum absolute atomic E-state index is 13.5. The normalized spacial score (nSPS) is 11.8. The van der Waals surface area contributed by atoms with Gasteiger partial charge in [0.05, 0.1) is 12.4 Å². The van der Waals surface area contributed by atoms with Crippen LogP contribution in [0.5, 0.6) is 5.75 Å². The van der Waals surface area contributed by atoms with Gasteiger partial charge in [-0.05, 0) is 84.8 Å². The van der Waals surface area contributed by atoms with Crippen molar-refractivity contribution in [2.75, 3.05) is 17.7 Å². The fourth-order valence-corrected chi connectivity index (χ4v) is 5.42. The minimum Gasteiger partial charge on any atom is -0.497 e. The summed E-state index contributed by atoms with van der Waals surface area (Å²) >= 11 is 13.8. The quantitative estimate of drug-likeness (QED) is 0.115. The molecule has 3 N–H and O–H groups in total. The number of methoxy groups -OCH3 is 1. The predicted octanol–water partition coefficient (Wildman–Crippen LogP) is 7.92. The van der Waals surface area contributed by atoms with Crippen LogP contribution in [-0.2, 0) is 9.59 Å². The van der Waals surface area contributed by atoms with Crippen molar-refractivity contribution in [2.24, 2.45) is 0 Å². The zero-order valence-corrected chi connectivity index (χ0v) is 25.7. The lowest BCUT2D eigenvalue weighted by molar-refractivity contribution is -0.116. The molecule has 0 radical (unpaired) electrons. The highest BCUT2D eigenvalue weighted by Gasteiger charge is 2.20. The van der Waals surface area contributed by atoms with E-state index in [9.17, 15) is 14.4 Å². The van der Waals surface area contributed by atoms with Gasteiger partial charge >= 0.3 is 0 Å². The van der Waals surface area contributed by atoms with Gasteiger partial charge in [-0.2, -0.15) is 0 Å². The predicted molar refractivity (Wildman–Crippen MR) is 175 cm³/mol. The van der Waals surface area contributed by atoms with Crippen LogP contribution in [0.25, 0.3) is 6.08 Å². The molecule has 0 saturated heterocycles. The van der Waals surface area contributed by atoms with E-state index in [0.717, 1.165) is 4.90 Å². The van der Waals surface area contributed by atoms with Crippen LogP contribution in [-0.4, -0.2) is 30.1 Å². The molecule has 0 aliphatic carbocycles. The van der Waals surface area contributed by atoms with Crippen LogP contribution in [0.2, 0.25) is 10.0 Å². The third-order valence-corrected chi connectivity index (χ3v) is 8.10. The SMILES string of the molecule is CCC(Sc1cccc(NC(=O)/C(=C\c2ccc(Cl)cc2Cl)NC(=O)c2ccccc2)c1)C(=O)Nc1ccc(OC)cc1. The van der Waals surface area contributed by atoms with Crippen LogP contribution >= 0.6 is 35.0 Å². The molecule has 4 aromatic carbocycles. The van der Waals surface area contributed by atoms with Crippen molar-refractivity contribution in [1.29, 1.82) is 0 Å². The topological polar surface area (TPSA) is 96.5 Å². The summed E-state index contributed by atoms with van der Waals surface area (Å²) in [6.45, 7) is 1.94. The molecule has 0 fully saturated rings. The van der Waals surface area contributed by atoms with Crippen LogP contribution in [0.4, 0.5) is 11.4 Å². The van der Waals surface area contributed by atoms with Crippen molar-refractivity contribution in [3.8, 4) is 5.75 Å². The average Bonchev–Trinajstić information content (AvgIpc) is 3.01. The highest BCUT2D eigenvalue weighted by Crippen LogP contribution is 2.29. The molecule has 4 aromatic rings. The Balaban J connectivity index is 1.50. The summed E-state index contributed by atoms with van der Waals surface area (Å²) in [5, 5.41) is 8.87. The monoisotopic (exact) mass is 633 g/mol. The van der Waals surface area contributed by atoms with E-state index in [-0.39, 0.29) is 16.9 Å². The highest BCUT2D eigenvalue weighted by molar-refractivity contribution is 8.00. The molecule has 0 saturated carbocycles. The maximum atomic E-state index is 13.5. The molecule has 7 nitrogen and oxygen atoms in total. The number of thioether (sulfide) groups is 1. The van der Waals surface area contributed by atoms with Crippen LogP contribution in [0.15, 0.2) is 108 Å². The number of hydrogen-bond acceptors (Lipinski definition) is 5. The Labute approximate surface area is 264 Å². The van der Waals surface area contributed by atoms with Crippen LogP contribution in [0.1, 0.15) is 29.3 Å². The number of halogens is 2. The zero-order chi connectivity index (χ0) is 30.8. The van der Waals surface area contributed by atoms with Crippen molar-refractivity contribution in [1.82, 2.24) is 5.32 Å². The number of hydrogen-bond donors (Lipinski definition) is 3. The molecule has 0 heterocycles. The molecule has 0 spiro atoms. The molecule has 0 aliphatic rings. The van der Waals surface area contributed by atoms with Gasteiger partial charge in [0.25, 0.3) is 11.8 Å². The molecular weight excluding hydrogens is 605 g/mol. The molecule has 1 atom stereocenters. The molecular formula is C33H29Cl2N3O4S. The van der Waals surface area contributed by atoms with E-state index in [2.05, 4.69) is 16.0 Å². The molecule has 4 rings (SSSR count). The van der Waals surface area contributed by atoms with Crippen LogP contribution < -0.4 is 20.7 Å². The number of ether oxygens (including phenoxy) is 1. The second kappa shape index (κ2) is 15.3. The summed E-state index contributed by atoms with van der Waals surface area (Å²) in [4.78, 5) is 40.2. The first-order chi connectivity index (χ1) is 20.7. The zero-order valence-electron chi connectivity index (χ0n) is 23.4. The lowest BCUT2D eigenvalue weighted by Gasteiger charge is -2.16. The Kier molecular flexibility index (Phi) is 11.3. The first-order valence-electron chi connectivity index (χ1n) is 13.3. The van der Waals surface area contributed by atoms with Gasteiger partial charge in [0, 0.05) is 31.9 Å². The van der Waals surface area contributed by atoms with Crippen molar-refractivity contribution >= 4 is 70.1 Å². The van der Waals surface area contributed by atoms with Crippen molar-refractivity contribution in [3.05, 3.63) is 124 Å². The molecule has 0 aromatic heterocycles. The number of rotatable bonds is 11. The lowest BCUT2D eigenvalue weighted by Crippen LogP contribution is -2.30. The minimum atomic E-state index is -0.554. The Bertz CT molecular complexity index is 1630. The summed E-state index contributed by atoms with van der Waals surface area (Å²) in [6.07, 6.45) is 2.08. The van der Waals surface area contributed by atoms with E-state index >= 15 is 0 Å². The largest absolute Gasteiger partial charge is 0.497 e. The molecule has 10 heteroatoms. The maximum Gasteiger partial charge on any atom is 0.272 e. The van der Waals surface area contributed by atoms with Gasteiger partial charge in [0.15, 0.2) is 0 Å². The van der Waals surface area contributed by atoms with Crippen LogP contribution in [0, 0.1) is 0 Å². The minimum absolute atomic E-state index is 0.0126. The summed E-state index contributed by atoms with van der Waals surface area (Å²) in [5.74, 6) is -0.445. The van der Waals surface area contributed by atoms with Gasteiger partial charge in [-0.25, -0.2) is 0 Å². The lowest BCUT2D eigenvalue weighted by atomic mass is 10.1. The Hall–Kier alpha value is -4.24. The van der Waals surface area contributed by atoms with Crippen molar-refractivity contribution < 1.29 is 19.1 Å².